The summed E-state index contributed by atoms with van der Waals surface area (Å²) in [4.78, 5) is 13.8. The molecule has 15 heavy (non-hydrogen) atoms. The summed E-state index contributed by atoms with van der Waals surface area (Å²) in [7, 11) is 0. The fourth-order valence-electron chi connectivity index (χ4n) is 2.77. The van der Waals surface area contributed by atoms with Crippen molar-refractivity contribution in [2.75, 3.05) is 19.6 Å². The lowest BCUT2D eigenvalue weighted by Gasteiger charge is -2.12. The molecular weight excluding hydrogens is 186 g/mol. The molecule has 0 aromatic heterocycles. The first kappa shape index (κ1) is 9.25. The van der Waals surface area contributed by atoms with Gasteiger partial charge in [0.25, 0.3) is 0 Å². The zero-order valence-corrected chi connectivity index (χ0v) is 9.08. The van der Waals surface area contributed by atoms with Gasteiger partial charge in [-0.3, -0.25) is 15.0 Å². The summed E-state index contributed by atoms with van der Waals surface area (Å²) in [5, 5.41) is 0. The maximum Gasteiger partial charge on any atom is 0.0645 e. The molecule has 0 fully saturated rings. The highest BCUT2D eigenvalue weighted by atomic mass is 14.9. The summed E-state index contributed by atoms with van der Waals surface area (Å²) in [6.07, 6.45) is 5.96. The number of rotatable bonds is 2. The molecule has 0 saturated heterocycles. The van der Waals surface area contributed by atoms with Crippen molar-refractivity contribution in [1.82, 2.24) is 0 Å². The second kappa shape index (κ2) is 3.87. The normalized spacial score (nSPS) is 30.4. The summed E-state index contributed by atoms with van der Waals surface area (Å²) in [5.41, 5.74) is 3.97. The lowest BCUT2D eigenvalue weighted by molar-refractivity contribution is 0.840. The Labute approximate surface area is 90.4 Å². The maximum absolute atomic E-state index is 4.65. The van der Waals surface area contributed by atoms with Crippen molar-refractivity contribution in [3.63, 3.8) is 0 Å². The Kier molecular flexibility index (Phi) is 2.39. The van der Waals surface area contributed by atoms with E-state index in [1.165, 1.54) is 42.8 Å². The minimum atomic E-state index is 0.532. The van der Waals surface area contributed by atoms with Crippen LogP contribution in [0.4, 0.5) is 0 Å². The third kappa shape index (κ3) is 1.64. The number of hydrogen-bond acceptors (Lipinski definition) is 3. The van der Waals surface area contributed by atoms with Gasteiger partial charge in [0.05, 0.1) is 11.4 Å². The van der Waals surface area contributed by atoms with Crippen molar-refractivity contribution in [3.8, 4) is 0 Å². The summed E-state index contributed by atoms with van der Waals surface area (Å²) in [6, 6.07) is 0. The van der Waals surface area contributed by atoms with Gasteiger partial charge in [0, 0.05) is 31.3 Å². The van der Waals surface area contributed by atoms with Crippen molar-refractivity contribution < 1.29 is 0 Å². The molecule has 0 aromatic rings. The average molecular weight is 203 g/mol. The first-order valence-corrected chi connectivity index (χ1v) is 6.06. The number of nitrogens with zero attached hydrogens (tertiary/aromatic N) is 3. The van der Waals surface area contributed by atoms with Crippen molar-refractivity contribution in [2.45, 2.75) is 32.1 Å². The van der Waals surface area contributed by atoms with E-state index >= 15 is 0 Å². The Bertz CT molecular complexity index is 352. The molecular formula is C12H17N3. The SMILES string of the molecule is C1CN=C(C2=NCCC2C2=NCCC2)C1. The van der Waals surface area contributed by atoms with Gasteiger partial charge in [0.15, 0.2) is 0 Å². The molecule has 3 aliphatic heterocycles. The largest absolute Gasteiger partial charge is 0.293 e. The minimum Gasteiger partial charge on any atom is -0.293 e. The van der Waals surface area contributed by atoms with E-state index in [2.05, 4.69) is 15.0 Å². The van der Waals surface area contributed by atoms with E-state index in [0.717, 1.165) is 26.1 Å². The van der Waals surface area contributed by atoms with Crippen LogP contribution in [0.5, 0.6) is 0 Å². The van der Waals surface area contributed by atoms with E-state index in [1.807, 2.05) is 0 Å². The van der Waals surface area contributed by atoms with Gasteiger partial charge in [0.1, 0.15) is 0 Å². The van der Waals surface area contributed by atoms with Crippen LogP contribution in [0.15, 0.2) is 15.0 Å². The quantitative estimate of drug-likeness (QED) is 0.657. The maximum atomic E-state index is 4.65. The molecule has 1 unspecified atom stereocenters. The van der Waals surface area contributed by atoms with Crippen LogP contribution in [-0.2, 0) is 0 Å². The van der Waals surface area contributed by atoms with Crippen molar-refractivity contribution >= 4 is 17.1 Å². The van der Waals surface area contributed by atoms with Crippen molar-refractivity contribution in [3.05, 3.63) is 0 Å². The lowest BCUT2D eigenvalue weighted by atomic mass is 9.91. The van der Waals surface area contributed by atoms with Crippen LogP contribution < -0.4 is 0 Å². The van der Waals surface area contributed by atoms with Crippen molar-refractivity contribution in [2.24, 2.45) is 20.9 Å². The zero-order chi connectivity index (χ0) is 10.1. The molecule has 0 saturated carbocycles. The van der Waals surface area contributed by atoms with Gasteiger partial charge in [-0.2, -0.15) is 0 Å². The van der Waals surface area contributed by atoms with E-state index in [0.29, 0.717) is 5.92 Å². The van der Waals surface area contributed by atoms with Gasteiger partial charge >= 0.3 is 0 Å². The Hall–Kier alpha value is -0.990. The molecule has 0 aromatic carbocycles. The highest BCUT2D eigenvalue weighted by Crippen LogP contribution is 2.25. The van der Waals surface area contributed by atoms with Crippen LogP contribution in [0.1, 0.15) is 32.1 Å². The van der Waals surface area contributed by atoms with Gasteiger partial charge in [-0.05, 0) is 32.1 Å². The fraction of sp³-hybridized carbons (Fsp3) is 0.750. The molecule has 3 nitrogen and oxygen atoms in total. The second-order valence-corrected chi connectivity index (χ2v) is 4.52. The standard InChI is InChI=1S/C12H17N3/c1-3-10(13-6-1)9-5-8-15-12(9)11-4-2-7-14-11/h9H,1-8H2. The Morgan fingerprint density at radius 1 is 0.867 bits per heavy atom. The molecule has 1 atom stereocenters. The number of hydrogen-bond donors (Lipinski definition) is 0. The third-order valence-electron chi connectivity index (χ3n) is 3.51. The highest BCUT2D eigenvalue weighted by molar-refractivity contribution is 6.47. The predicted octanol–water partition coefficient (Wildman–Crippen LogP) is 1.92. The highest BCUT2D eigenvalue weighted by Gasteiger charge is 2.30. The monoisotopic (exact) mass is 203 g/mol. The summed E-state index contributed by atoms with van der Waals surface area (Å²) < 4.78 is 0. The van der Waals surface area contributed by atoms with Gasteiger partial charge in [-0.15, -0.1) is 0 Å². The first-order chi connectivity index (χ1) is 7.45. The van der Waals surface area contributed by atoms with E-state index in [9.17, 15) is 0 Å². The smallest absolute Gasteiger partial charge is 0.0645 e. The van der Waals surface area contributed by atoms with E-state index in [1.54, 1.807) is 0 Å². The molecule has 80 valence electrons. The molecule has 0 bridgehead atoms. The van der Waals surface area contributed by atoms with E-state index in [4.69, 9.17) is 0 Å². The average Bonchev–Trinajstić information content (AvgIpc) is 3.01. The summed E-state index contributed by atoms with van der Waals surface area (Å²) in [6.45, 7) is 3.02. The van der Waals surface area contributed by atoms with Crippen LogP contribution in [0.3, 0.4) is 0 Å². The molecule has 3 aliphatic rings. The fourth-order valence-corrected chi connectivity index (χ4v) is 2.77. The molecule has 0 aliphatic carbocycles. The topological polar surface area (TPSA) is 37.1 Å². The van der Waals surface area contributed by atoms with Crippen LogP contribution in [0, 0.1) is 5.92 Å². The molecule has 0 spiro atoms. The summed E-state index contributed by atoms with van der Waals surface area (Å²) in [5.74, 6) is 0.532. The molecule has 0 radical (unpaired) electrons. The second-order valence-electron chi connectivity index (χ2n) is 4.52. The number of aliphatic imine (C=N–C) groups is 3. The first-order valence-electron chi connectivity index (χ1n) is 6.06. The Morgan fingerprint density at radius 3 is 2.47 bits per heavy atom. The van der Waals surface area contributed by atoms with Crippen LogP contribution >= 0.6 is 0 Å². The molecule has 0 N–H and O–H groups in total. The van der Waals surface area contributed by atoms with Gasteiger partial charge in [-0.1, -0.05) is 0 Å². The lowest BCUT2D eigenvalue weighted by Crippen LogP contribution is -2.25. The van der Waals surface area contributed by atoms with Gasteiger partial charge in [0.2, 0.25) is 0 Å². The van der Waals surface area contributed by atoms with Crippen LogP contribution in [-0.4, -0.2) is 36.8 Å². The van der Waals surface area contributed by atoms with E-state index in [-0.39, 0.29) is 0 Å². The molecule has 0 amide bonds. The molecule has 3 rings (SSSR count). The van der Waals surface area contributed by atoms with Crippen LogP contribution in [0.25, 0.3) is 0 Å². The van der Waals surface area contributed by atoms with Crippen molar-refractivity contribution in [1.29, 1.82) is 0 Å². The third-order valence-corrected chi connectivity index (χ3v) is 3.51. The summed E-state index contributed by atoms with van der Waals surface area (Å²) >= 11 is 0. The molecule has 3 heterocycles. The predicted molar refractivity (Wildman–Crippen MR) is 63.5 cm³/mol. The Morgan fingerprint density at radius 2 is 1.73 bits per heavy atom. The van der Waals surface area contributed by atoms with Crippen LogP contribution in [0.2, 0.25) is 0 Å². The van der Waals surface area contributed by atoms with Gasteiger partial charge < -0.3 is 0 Å². The van der Waals surface area contributed by atoms with E-state index < -0.39 is 0 Å². The molecule has 3 heteroatoms. The Balaban J connectivity index is 1.82. The zero-order valence-electron chi connectivity index (χ0n) is 9.08. The minimum absolute atomic E-state index is 0.532. The van der Waals surface area contributed by atoms with Gasteiger partial charge in [-0.25, -0.2) is 0 Å².